The summed E-state index contributed by atoms with van der Waals surface area (Å²) in [5.41, 5.74) is 4.42. The molecule has 172 valence electrons. The molecule has 4 aromatic carbocycles. The molecule has 2 unspecified atom stereocenters. The summed E-state index contributed by atoms with van der Waals surface area (Å²) in [6.07, 6.45) is 2.32. The van der Waals surface area contributed by atoms with E-state index in [1.807, 2.05) is 83.9 Å². The van der Waals surface area contributed by atoms with Crippen LogP contribution in [0.15, 0.2) is 114 Å². The summed E-state index contributed by atoms with van der Waals surface area (Å²) in [5.74, 6) is -0.584. The average molecular weight is 461 g/mol. The van der Waals surface area contributed by atoms with Gasteiger partial charge in [-0.05, 0) is 60.2 Å². The van der Waals surface area contributed by atoms with Gasteiger partial charge in [-0.1, -0.05) is 84.9 Å². The molecule has 6 rings (SSSR count). The number of aryl methyl sites for hydroxylation is 1. The van der Waals surface area contributed by atoms with Crippen LogP contribution >= 0.6 is 0 Å². The fraction of sp³-hybridized carbons (Fsp3) is 0.161. The van der Waals surface area contributed by atoms with Crippen molar-refractivity contribution in [2.45, 2.75) is 30.7 Å². The first kappa shape index (κ1) is 21.5. The van der Waals surface area contributed by atoms with Gasteiger partial charge in [0.25, 0.3) is 0 Å². The van der Waals surface area contributed by atoms with E-state index in [1.165, 1.54) is 12.1 Å². The molecule has 0 bridgehead atoms. The van der Waals surface area contributed by atoms with Crippen LogP contribution < -0.4 is 5.01 Å². The average Bonchev–Trinajstić information content (AvgIpc) is 3.18. The van der Waals surface area contributed by atoms with E-state index in [1.54, 1.807) is 12.1 Å². The van der Waals surface area contributed by atoms with Gasteiger partial charge in [-0.2, -0.15) is 5.10 Å². The van der Waals surface area contributed by atoms with E-state index in [2.05, 4.69) is 6.07 Å². The lowest BCUT2D eigenvalue weighted by molar-refractivity contribution is 0.0873. The second kappa shape index (κ2) is 8.62. The Bertz CT molecular complexity index is 1400. The number of carbonyl (C=O) groups excluding carboxylic acids is 1. The lowest BCUT2D eigenvalue weighted by Gasteiger charge is -2.40. The van der Waals surface area contributed by atoms with E-state index in [0.717, 1.165) is 46.5 Å². The van der Waals surface area contributed by atoms with E-state index >= 15 is 0 Å². The molecule has 1 heterocycles. The summed E-state index contributed by atoms with van der Waals surface area (Å²) in [7, 11) is 0. The van der Waals surface area contributed by atoms with Crippen LogP contribution in [-0.4, -0.2) is 17.0 Å². The van der Waals surface area contributed by atoms with Crippen LogP contribution in [0.2, 0.25) is 0 Å². The molecule has 1 aliphatic carbocycles. The van der Waals surface area contributed by atoms with Crippen molar-refractivity contribution in [2.75, 3.05) is 5.01 Å². The third kappa shape index (κ3) is 3.48. The maximum absolute atomic E-state index is 14.7. The number of halogens is 1. The lowest BCUT2D eigenvalue weighted by Crippen LogP contribution is -2.54. The minimum absolute atomic E-state index is 0.0680. The highest BCUT2D eigenvalue weighted by molar-refractivity contribution is 6.18. The number of rotatable bonds is 3. The third-order valence-electron chi connectivity index (χ3n) is 7.27. The summed E-state index contributed by atoms with van der Waals surface area (Å²) >= 11 is 0. The lowest BCUT2D eigenvalue weighted by atomic mass is 9.69. The number of Topliss-reactive ketones (excluding diaryl/α,β-unsaturated/α-hetero) is 1. The number of carbonyl (C=O) groups is 1. The molecule has 0 saturated carbocycles. The SMILES string of the molecule is O=C1c2ccccc2CCCC12C(c1ccc(F)cc1)C(c1ccccc1)=NN2c1ccccc1. The predicted molar refractivity (Wildman–Crippen MR) is 137 cm³/mol. The van der Waals surface area contributed by atoms with E-state index in [-0.39, 0.29) is 17.5 Å². The number of nitrogens with zero attached hydrogens (tertiary/aromatic N) is 2. The maximum Gasteiger partial charge on any atom is 0.191 e. The van der Waals surface area contributed by atoms with Gasteiger partial charge in [0.05, 0.1) is 17.3 Å². The molecule has 35 heavy (non-hydrogen) atoms. The van der Waals surface area contributed by atoms with E-state index in [0.29, 0.717) is 6.42 Å². The zero-order chi connectivity index (χ0) is 23.8. The Balaban J connectivity index is 1.64. The van der Waals surface area contributed by atoms with Gasteiger partial charge in [0.15, 0.2) is 5.78 Å². The molecule has 0 saturated heterocycles. The molecule has 0 radical (unpaired) electrons. The number of hydrogen-bond donors (Lipinski definition) is 0. The highest BCUT2D eigenvalue weighted by atomic mass is 19.1. The summed E-state index contributed by atoms with van der Waals surface area (Å²) in [6, 6.07) is 34.4. The molecule has 0 aromatic heterocycles. The number of fused-ring (bicyclic) bond motifs is 1. The zero-order valence-corrected chi connectivity index (χ0v) is 19.3. The fourth-order valence-corrected chi connectivity index (χ4v) is 5.72. The maximum atomic E-state index is 14.7. The molecule has 1 spiro atoms. The minimum Gasteiger partial charge on any atom is -0.291 e. The highest BCUT2D eigenvalue weighted by Crippen LogP contribution is 2.50. The standard InChI is InChI=1S/C31H25FN2O/c32-25-19-17-23(18-20-25)28-29(24-11-3-1-4-12-24)33-34(26-14-5-2-6-15-26)31(28)21-9-13-22-10-7-8-16-27(22)30(31)35/h1-8,10-12,14-20,28H,9,13,21H2. The molecule has 0 fully saturated rings. The zero-order valence-electron chi connectivity index (χ0n) is 19.3. The van der Waals surface area contributed by atoms with Crippen LogP contribution in [0.25, 0.3) is 0 Å². The van der Waals surface area contributed by atoms with Crippen LogP contribution in [-0.2, 0) is 6.42 Å². The van der Waals surface area contributed by atoms with E-state index < -0.39 is 5.54 Å². The van der Waals surface area contributed by atoms with Gasteiger partial charge in [-0.15, -0.1) is 0 Å². The van der Waals surface area contributed by atoms with E-state index in [9.17, 15) is 9.18 Å². The Morgan fingerprint density at radius 1 is 0.800 bits per heavy atom. The molecule has 0 amide bonds. The fourth-order valence-electron chi connectivity index (χ4n) is 5.72. The number of ketones is 1. The minimum atomic E-state index is -0.961. The normalized spacial score (nSPS) is 21.5. The van der Waals surface area contributed by atoms with Crippen molar-refractivity contribution in [3.63, 3.8) is 0 Å². The van der Waals surface area contributed by atoms with Gasteiger partial charge in [0.1, 0.15) is 11.4 Å². The monoisotopic (exact) mass is 460 g/mol. The van der Waals surface area contributed by atoms with E-state index in [4.69, 9.17) is 5.10 Å². The first-order chi connectivity index (χ1) is 17.2. The molecule has 1 aliphatic heterocycles. The smallest absolute Gasteiger partial charge is 0.191 e. The van der Waals surface area contributed by atoms with Crippen molar-refractivity contribution < 1.29 is 9.18 Å². The quantitative estimate of drug-likeness (QED) is 0.337. The Kier molecular flexibility index (Phi) is 5.29. The molecular formula is C31H25FN2O. The van der Waals surface area contributed by atoms with Gasteiger partial charge in [-0.3, -0.25) is 9.80 Å². The summed E-state index contributed by atoms with van der Waals surface area (Å²) < 4.78 is 14.0. The number of anilines is 1. The molecule has 0 N–H and O–H groups in total. The first-order valence-corrected chi connectivity index (χ1v) is 12.1. The second-order valence-electron chi connectivity index (χ2n) is 9.25. The van der Waals surface area contributed by atoms with Crippen LogP contribution in [0.4, 0.5) is 10.1 Å². The van der Waals surface area contributed by atoms with Crippen molar-refractivity contribution in [1.29, 1.82) is 0 Å². The summed E-state index contributed by atoms with van der Waals surface area (Å²) in [5, 5.41) is 7.14. The Morgan fingerprint density at radius 2 is 1.46 bits per heavy atom. The van der Waals surface area contributed by atoms with Crippen LogP contribution in [0.5, 0.6) is 0 Å². The second-order valence-corrected chi connectivity index (χ2v) is 9.25. The highest BCUT2D eigenvalue weighted by Gasteiger charge is 2.58. The largest absolute Gasteiger partial charge is 0.291 e. The first-order valence-electron chi connectivity index (χ1n) is 12.1. The van der Waals surface area contributed by atoms with Crippen LogP contribution in [0.1, 0.15) is 45.8 Å². The van der Waals surface area contributed by atoms with Crippen molar-refractivity contribution in [3.05, 3.63) is 137 Å². The van der Waals surface area contributed by atoms with Crippen molar-refractivity contribution in [1.82, 2.24) is 0 Å². The third-order valence-corrected chi connectivity index (χ3v) is 7.27. The Hall–Kier alpha value is -4.05. The van der Waals surface area contributed by atoms with Gasteiger partial charge in [0, 0.05) is 5.56 Å². The number of hydrogen-bond acceptors (Lipinski definition) is 3. The van der Waals surface area contributed by atoms with Crippen LogP contribution in [0.3, 0.4) is 0 Å². The van der Waals surface area contributed by atoms with Gasteiger partial charge < -0.3 is 0 Å². The van der Waals surface area contributed by atoms with Gasteiger partial charge in [-0.25, -0.2) is 4.39 Å². The van der Waals surface area contributed by atoms with Crippen molar-refractivity contribution in [3.8, 4) is 0 Å². The topological polar surface area (TPSA) is 32.7 Å². The van der Waals surface area contributed by atoms with Gasteiger partial charge in [0.2, 0.25) is 0 Å². The molecule has 4 heteroatoms. The molecule has 2 aliphatic rings. The number of benzene rings is 4. The van der Waals surface area contributed by atoms with Gasteiger partial charge >= 0.3 is 0 Å². The Labute approximate surface area is 204 Å². The van der Waals surface area contributed by atoms with Crippen molar-refractivity contribution in [2.24, 2.45) is 5.10 Å². The van der Waals surface area contributed by atoms with Crippen LogP contribution in [0, 0.1) is 5.82 Å². The molecule has 3 nitrogen and oxygen atoms in total. The Morgan fingerprint density at radius 3 is 2.20 bits per heavy atom. The molecule has 2 atom stereocenters. The molecule has 4 aromatic rings. The number of para-hydroxylation sites is 1. The number of hydrazone groups is 1. The molecular weight excluding hydrogens is 435 g/mol. The summed E-state index contributed by atoms with van der Waals surface area (Å²) in [6.45, 7) is 0. The summed E-state index contributed by atoms with van der Waals surface area (Å²) in [4.78, 5) is 14.7. The van der Waals surface area contributed by atoms with Crippen molar-refractivity contribution >= 4 is 17.2 Å². The predicted octanol–water partition coefficient (Wildman–Crippen LogP) is 6.79.